The maximum atomic E-state index is 5.73. The van der Waals surface area contributed by atoms with Gasteiger partial charge in [-0.2, -0.15) is 0 Å². The van der Waals surface area contributed by atoms with Gasteiger partial charge >= 0.3 is 0 Å². The minimum absolute atomic E-state index is 0.698. The SMILES string of the molecule is CN(CCOc1cccc(Br)c1)CCc1ccncc1. The predicted molar refractivity (Wildman–Crippen MR) is 85.1 cm³/mol. The molecule has 1 heterocycles. The van der Waals surface area contributed by atoms with Crippen LogP contribution < -0.4 is 4.74 Å². The molecule has 0 aliphatic carbocycles. The number of benzene rings is 1. The number of likely N-dealkylation sites (N-methyl/N-ethyl adjacent to an activating group) is 1. The van der Waals surface area contributed by atoms with E-state index in [1.165, 1.54) is 5.56 Å². The molecular formula is C16H19BrN2O. The first-order chi connectivity index (χ1) is 9.74. The minimum atomic E-state index is 0.698. The van der Waals surface area contributed by atoms with Gasteiger partial charge in [0.25, 0.3) is 0 Å². The van der Waals surface area contributed by atoms with E-state index in [0.29, 0.717) is 6.61 Å². The summed E-state index contributed by atoms with van der Waals surface area (Å²) < 4.78 is 6.77. The number of nitrogens with zero attached hydrogens (tertiary/aromatic N) is 2. The van der Waals surface area contributed by atoms with Crippen LogP contribution in [0, 0.1) is 0 Å². The van der Waals surface area contributed by atoms with Crippen LogP contribution in [0.15, 0.2) is 53.3 Å². The Bertz CT molecular complexity index is 519. The number of hydrogen-bond acceptors (Lipinski definition) is 3. The third-order valence-electron chi connectivity index (χ3n) is 3.07. The first kappa shape index (κ1) is 15.0. The van der Waals surface area contributed by atoms with E-state index in [0.717, 1.165) is 29.7 Å². The highest BCUT2D eigenvalue weighted by molar-refractivity contribution is 9.10. The lowest BCUT2D eigenvalue weighted by atomic mass is 10.2. The topological polar surface area (TPSA) is 25.4 Å². The number of pyridine rings is 1. The van der Waals surface area contributed by atoms with E-state index in [4.69, 9.17) is 4.74 Å². The first-order valence-electron chi connectivity index (χ1n) is 6.70. The second-order valence-corrected chi connectivity index (χ2v) is 5.63. The van der Waals surface area contributed by atoms with Crippen molar-refractivity contribution in [1.82, 2.24) is 9.88 Å². The van der Waals surface area contributed by atoms with Crippen molar-refractivity contribution in [3.8, 4) is 5.75 Å². The van der Waals surface area contributed by atoms with Crippen molar-refractivity contribution in [2.45, 2.75) is 6.42 Å². The molecule has 20 heavy (non-hydrogen) atoms. The van der Waals surface area contributed by atoms with Gasteiger partial charge in [0.15, 0.2) is 0 Å². The van der Waals surface area contributed by atoms with Crippen LogP contribution in [0.2, 0.25) is 0 Å². The van der Waals surface area contributed by atoms with E-state index in [-0.39, 0.29) is 0 Å². The van der Waals surface area contributed by atoms with Gasteiger partial charge in [0.2, 0.25) is 0 Å². The normalized spacial score (nSPS) is 10.8. The van der Waals surface area contributed by atoms with Gasteiger partial charge in [0.05, 0.1) is 0 Å². The van der Waals surface area contributed by atoms with E-state index in [2.05, 4.69) is 45.0 Å². The monoisotopic (exact) mass is 334 g/mol. The van der Waals surface area contributed by atoms with Crippen LogP contribution in [-0.4, -0.2) is 36.6 Å². The third-order valence-corrected chi connectivity index (χ3v) is 3.56. The molecule has 0 radical (unpaired) electrons. The lowest BCUT2D eigenvalue weighted by Crippen LogP contribution is -2.26. The zero-order chi connectivity index (χ0) is 14.2. The van der Waals surface area contributed by atoms with Gasteiger partial charge in [-0.1, -0.05) is 22.0 Å². The maximum absolute atomic E-state index is 5.73. The molecule has 0 amide bonds. The molecule has 0 unspecified atom stereocenters. The molecule has 3 nitrogen and oxygen atoms in total. The van der Waals surface area contributed by atoms with Crippen molar-refractivity contribution in [3.05, 3.63) is 58.8 Å². The largest absolute Gasteiger partial charge is 0.492 e. The summed E-state index contributed by atoms with van der Waals surface area (Å²) in [7, 11) is 2.12. The van der Waals surface area contributed by atoms with Crippen molar-refractivity contribution >= 4 is 15.9 Å². The second-order valence-electron chi connectivity index (χ2n) is 4.71. The Balaban J connectivity index is 1.66. The van der Waals surface area contributed by atoms with E-state index in [1.54, 1.807) is 0 Å². The molecule has 0 aliphatic heterocycles. The Kier molecular flexibility index (Phi) is 6.02. The summed E-state index contributed by atoms with van der Waals surface area (Å²) in [5.74, 6) is 0.905. The van der Waals surface area contributed by atoms with Crippen molar-refractivity contribution < 1.29 is 4.74 Å². The van der Waals surface area contributed by atoms with E-state index in [1.807, 2.05) is 36.7 Å². The Morgan fingerprint density at radius 3 is 2.70 bits per heavy atom. The van der Waals surface area contributed by atoms with Crippen molar-refractivity contribution in [2.75, 3.05) is 26.7 Å². The second kappa shape index (κ2) is 8.02. The molecule has 2 aromatic rings. The molecule has 1 aromatic carbocycles. The lowest BCUT2D eigenvalue weighted by molar-refractivity contribution is 0.239. The third kappa shape index (κ3) is 5.31. The van der Waals surface area contributed by atoms with Gasteiger partial charge in [-0.25, -0.2) is 0 Å². The van der Waals surface area contributed by atoms with Crippen molar-refractivity contribution in [2.24, 2.45) is 0 Å². The number of ether oxygens (including phenoxy) is 1. The smallest absolute Gasteiger partial charge is 0.120 e. The number of halogens is 1. The average molecular weight is 335 g/mol. The van der Waals surface area contributed by atoms with Crippen molar-refractivity contribution in [3.63, 3.8) is 0 Å². The van der Waals surface area contributed by atoms with Crippen LogP contribution >= 0.6 is 15.9 Å². The molecule has 1 aromatic heterocycles. The summed E-state index contributed by atoms with van der Waals surface area (Å²) in [4.78, 5) is 6.30. The summed E-state index contributed by atoms with van der Waals surface area (Å²) in [5, 5.41) is 0. The van der Waals surface area contributed by atoms with Gasteiger partial charge in [-0.3, -0.25) is 4.98 Å². The average Bonchev–Trinajstić information content (AvgIpc) is 2.46. The molecule has 0 atom stereocenters. The lowest BCUT2D eigenvalue weighted by Gasteiger charge is -2.17. The molecule has 106 valence electrons. The fourth-order valence-corrected chi connectivity index (χ4v) is 2.24. The van der Waals surface area contributed by atoms with Crippen LogP contribution in [0.1, 0.15) is 5.56 Å². The summed E-state index contributed by atoms with van der Waals surface area (Å²) in [6.07, 6.45) is 4.72. The zero-order valence-electron chi connectivity index (χ0n) is 11.6. The quantitative estimate of drug-likeness (QED) is 0.775. The van der Waals surface area contributed by atoms with Gasteiger partial charge < -0.3 is 9.64 Å². The van der Waals surface area contributed by atoms with E-state index >= 15 is 0 Å². The number of aromatic nitrogens is 1. The molecule has 4 heteroatoms. The Hall–Kier alpha value is -1.39. The van der Waals surface area contributed by atoms with Crippen molar-refractivity contribution in [1.29, 1.82) is 0 Å². The standard InChI is InChI=1S/C16H19BrN2O/c1-19(10-7-14-5-8-18-9-6-14)11-12-20-16-4-2-3-15(17)13-16/h2-6,8-9,13H,7,10-12H2,1H3. The van der Waals surface area contributed by atoms with Crippen LogP contribution in [0.25, 0.3) is 0 Å². The molecule has 0 N–H and O–H groups in total. The highest BCUT2D eigenvalue weighted by Crippen LogP contribution is 2.17. The molecule has 0 aliphatic rings. The summed E-state index contributed by atoms with van der Waals surface area (Å²) in [5.41, 5.74) is 1.32. The van der Waals surface area contributed by atoms with Gasteiger partial charge in [-0.15, -0.1) is 0 Å². The molecule has 2 rings (SSSR count). The van der Waals surface area contributed by atoms with Crippen LogP contribution in [0.5, 0.6) is 5.75 Å². The van der Waals surface area contributed by atoms with Gasteiger partial charge in [0, 0.05) is 30.0 Å². The fraction of sp³-hybridized carbons (Fsp3) is 0.312. The molecule has 0 saturated heterocycles. The highest BCUT2D eigenvalue weighted by atomic mass is 79.9. The Morgan fingerprint density at radius 1 is 1.15 bits per heavy atom. The Labute approximate surface area is 128 Å². The number of hydrogen-bond donors (Lipinski definition) is 0. The molecular weight excluding hydrogens is 316 g/mol. The molecule has 0 fully saturated rings. The van der Waals surface area contributed by atoms with E-state index < -0.39 is 0 Å². The van der Waals surface area contributed by atoms with Crippen LogP contribution in [0.4, 0.5) is 0 Å². The van der Waals surface area contributed by atoms with Gasteiger partial charge in [-0.05, 0) is 49.4 Å². The number of rotatable bonds is 7. The zero-order valence-corrected chi connectivity index (χ0v) is 13.2. The maximum Gasteiger partial charge on any atom is 0.120 e. The summed E-state index contributed by atoms with van der Waals surface area (Å²) in [6, 6.07) is 12.1. The molecule has 0 bridgehead atoms. The van der Waals surface area contributed by atoms with Crippen LogP contribution in [0.3, 0.4) is 0 Å². The molecule has 0 spiro atoms. The Morgan fingerprint density at radius 2 is 1.95 bits per heavy atom. The predicted octanol–water partition coefficient (Wildman–Crippen LogP) is 3.40. The summed E-state index contributed by atoms with van der Waals surface area (Å²) in [6.45, 7) is 2.63. The first-order valence-corrected chi connectivity index (χ1v) is 7.49. The van der Waals surface area contributed by atoms with Gasteiger partial charge in [0.1, 0.15) is 12.4 Å². The highest BCUT2D eigenvalue weighted by Gasteiger charge is 2.00. The molecule has 0 saturated carbocycles. The van der Waals surface area contributed by atoms with E-state index in [9.17, 15) is 0 Å². The minimum Gasteiger partial charge on any atom is -0.492 e. The summed E-state index contributed by atoms with van der Waals surface area (Å²) >= 11 is 3.44. The fourth-order valence-electron chi connectivity index (χ4n) is 1.86. The van der Waals surface area contributed by atoms with Crippen LogP contribution in [-0.2, 0) is 6.42 Å².